The minimum Gasteiger partial charge on any atom is -0.463 e. The van der Waals surface area contributed by atoms with Crippen LogP contribution in [0, 0.1) is 0 Å². The topological polar surface area (TPSA) is 97.0 Å². The number of esters is 1. The molecule has 0 spiro atoms. The molecule has 1 aromatic carbocycles. The van der Waals surface area contributed by atoms with Crippen LogP contribution < -0.4 is 10.9 Å². The van der Waals surface area contributed by atoms with Crippen LogP contribution in [0.4, 0.5) is 5.82 Å². The number of allylic oxidation sites excluding steroid dienone is 1. The molecule has 1 aliphatic heterocycles. The molecule has 0 aliphatic carbocycles. The second-order valence-corrected chi connectivity index (χ2v) is 7.97. The van der Waals surface area contributed by atoms with E-state index in [1.165, 1.54) is 11.8 Å². The zero-order chi connectivity index (χ0) is 21.8. The highest BCUT2D eigenvalue weighted by Crippen LogP contribution is 2.40. The number of hydrogen-bond donors (Lipinski definition) is 2. The Kier molecular flexibility index (Phi) is 6.18. The van der Waals surface area contributed by atoms with Gasteiger partial charge in [0, 0.05) is 23.8 Å². The summed E-state index contributed by atoms with van der Waals surface area (Å²) in [5.41, 5.74) is 3.03. The molecule has 7 nitrogen and oxygen atoms in total. The van der Waals surface area contributed by atoms with Gasteiger partial charge in [0.1, 0.15) is 5.82 Å². The summed E-state index contributed by atoms with van der Waals surface area (Å²) in [5, 5.41) is 3.66. The van der Waals surface area contributed by atoms with E-state index in [4.69, 9.17) is 4.74 Å². The summed E-state index contributed by atoms with van der Waals surface area (Å²) in [7, 11) is 0. The van der Waals surface area contributed by atoms with E-state index in [1.807, 2.05) is 30.3 Å². The maximum atomic E-state index is 13.2. The number of hydrogen-bond acceptors (Lipinski definition) is 7. The largest absolute Gasteiger partial charge is 0.463 e. The first kappa shape index (κ1) is 20.9. The van der Waals surface area contributed by atoms with Crippen LogP contribution in [0.3, 0.4) is 0 Å². The molecular formula is C23H22N4O3S. The number of pyridine rings is 1. The average molecular weight is 435 g/mol. The maximum Gasteiger partial charge on any atom is 0.336 e. The Morgan fingerprint density at radius 1 is 1.16 bits per heavy atom. The Hall–Kier alpha value is -3.39. The molecule has 1 aliphatic rings. The standard InChI is InChI=1S/C23H22N4O3S/c1-3-30-22(29)17-14(2)25-20-19(18(17)16-9-11-24-12-10-16)21(28)27-23(26-20)31-13-15-7-5-4-6-8-15/h4-12,18H,3,13H2,1-2H3,(H2,25,26,27,28)/t18-/m1/s1. The highest BCUT2D eigenvalue weighted by molar-refractivity contribution is 7.98. The first-order valence-corrected chi connectivity index (χ1v) is 10.9. The summed E-state index contributed by atoms with van der Waals surface area (Å²) in [5.74, 6) is 0.0791. The van der Waals surface area contributed by atoms with Crippen molar-refractivity contribution in [3.63, 3.8) is 0 Å². The SMILES string of the molecule is CCOC(=O)C1=C(C)Nc2nc(SCc3ccccc3)[nH]c(=O)c2[C@@H]1c1ccncc1. The van der Waals surface area contributed by atoms with Crippen LogP contribution in [-0.2, 0) is 15.3 Å². The number of rotatable bonds is 6. The molecule has 0 fully saturated rings. The highest BCUT2D eigenvalue weighted by atomic mass is 32.2. The van der Waals surface area contributed by atoms with Crippen LogP contribution in [-0.4, -0.2) is 27.5 Å². The van der Waals surface area contributed by atoms with E-state index in [-0.39, 0.29) is 12.2 Å². The smallest absolute Gasteiger partial charge is 0.336 e. The van der Waals surface area contributed by atoms with Crippen molar-refractivity contribution >= 4 is 23.5 Å². The monoisotopic (exact) mass is 434 g/mol. The molecule has 31 heavy (non-hydrogen) atoms. The fraction of sp³-hybridized carbons (Fsp3) is 0.217. The number of fused-ring (bicyclic) bond motifs is 1. The molecule has 0 saturated heterocycles. The molecule has 0 saturated carbocycles. The second kappa shape index (κ2) is 9.18. The number of nitrogens with zero attached hydrogens (tertiary/aromatic N) is 2. The van der Waals surface area contributed by atoms with Gasteiger partial charge in [-0.2, -0.15) is 0 Å². The molecule has 4 rings (SSSR count). The van der Waals surface area contributed by atoms with Crippen molar-refractivity contribution < 1.29 is 9.53 Å². The van der Waals surface area contributed by atoms with Crippen molar-refractivity contribution in [3.8, 4) is 0 Å². The summed E-state index contributed by atoms with van der Waals surface area (Å²) in [6.07, 6.45) is 3.28. The van der Waals surface area contributed by atoms with Gasteiger partial charge < -0.3 is 15.0 Å². The van der Waals surface area contributed by atoms with Gasteiger partial charge >= 0.3 is 5.97 Å². The number of nitrogens with one attached hydrogen (secondary N) is 2. The van der Waals surface area contributed by atoms with Crippen molar-refractivity contribution in [1.29, 1.82) is 0 Å². The van der Waals surface area contributed by atoms with Crippen LogP contribution >= 0.6 is 11.8 Å². The second-order valence-electron chi connectivity index (χ2n) is 7.01. The fourth-order valence-corrected chi connectivity index (χ4v) is 4.41. The van der Waals surface area contributed by atoms with Crippen molar-refractivity contribution in [2.24, 2.45) is 0 Å². The number of thioether (sulfide) groups is 1. The van der Waals surface area contributed by atoms with E-state index in [1.54, 1.807) is 38.4 Å². The van der Waals surface area contributed by atoms with Crippen molar-refractivity contribution in [1.82, 2.24) is 15.0 Å². The number of carbonyl (C=O) groups excluding carboxylic acids is 1. The third-order valence-corrected chi connectivity index (χ3v) is 5.92. The Labute approximate surface area is 184 Å². The van der Waals surface area contributed by atoms with Crippen LogP contribution in [0.15, 0.2) is 76.1 Å². The van der Waals surface area contributed by atoms with Gasteiger partial charge in [-0.1, -0.05) is 42.1 Å². The van der Waals surface area contributed by atoms with Crippen LogP contribution in [0.25, 0.3) is 0 Å². The summed E-state index contributed by atoms with van der Waals surface area (Å²) in [6, 6.07) is 13.6. The lowest BCUT2D eigenvalue weighted by molar-refractivity contribution is -0.138. The minimum atomic E-state index is -0.595. The molecular weight excluding hydrogens is 412 g/mol. The Balaban J connectivity index is 1.75. The first-order chi connectivity index (χ1) is 15.1. The van der Waals surface area contributed by atoms with Gasteiger partial charge in [0.05, 0.1) is 23.7 Å². The lowest BCUT2D eigenvalue weighted by Crippen LogP contribution is -2.31. The number of anilines is 1. The normalized spacial score (nSPS) is 15.2. The summed E-state index contributed by atoms with van der Waals surface area (Å²) in [4.78, 5) is 37.5. The fourth-order valence-electron chi connectivity index (χ4n) is 3.59. The zero-order valence-corrected chi connectivity index (χ0v) is 18.0. The van der Waals surface area contributed by atoms with Gasteiger partial charge in [0.25, 0.3) is 5.56 Å². The van der Waals surface area contributed by atoms with E-state index in [0.29, 0.717) is 33.6 Å². The number of aromatic nitrogens is 3. The number of aromatic amines is 1. The van der Waals surface area contributed by atoms with E-state index in [2.05, 4.69) is 20.3 Å². The van der Waals surface area contributed by atoms with Crippen LogP contribution in [0.2, 0.25) is 0 Å². The highest BCUT2D eigenvalue weighted by Gasteiger charge is 2.36. The van der Waals surface area contributed by atoms with Gasteiger partial charge in [-0.3, -0.25) is 9.78 Å². The average Bonchev–Trinajstić information content (AvgIpc) is 2.78. The van der Waals surface area contributed by atoms with Crippen molar-refractivity contribution in [2.45, 2.75) is 30.7 Å². The Morgan fingerprint density at radius 3 is 2.61 bits per heavy atom. The Bertz CT molecular complexity index is 1180. The van der Waals surface area contributed by atoms with Crippen LogP contribution in [0.1, 0.15) is 36.5 Å². The van der Waals surface area contributed by atoms with E-state index in [9.17, 15) is 9.59 Å². The van der Waals surface area contributed by atoms with Gasteiger partial charge in [-0.15, -0.1) is 0 Å². The quantitative estimate of drug-likeness (QED) is 0.345. The van der Waals surface area contributed by atoms with Crippen LogP contribution in [0.5, 0.6) is 0 Å². The van der Waals surface area contributed by atoms with Gasteiger partial charge in [-0.05, 0) is 37.1 Å². The molecule has 3 heterocycles. The number of carbonyl (C=O) groups is 1. The third-order valence-electron chi connectivity index (χ3n) is 4.97. The lowest BCUT2D eigenvalue weighted by Gasteiger charge is -2.28. The molecule has 158 valence electrons. The molecule has 0 radical (unpaired) electrons. The maximum absolute atomic E-state index is 13.2. The Morgan fingerprint density at radius 2 is 1.90 bits per heavy atom. The number of ether oxygens (including phenoxy) is 1. The molecule has 3 aromatic rings. The molecule has 2 aromatic heterocycles. The van der Waals surface area contributed by atoms with Gasteiger partial charge in [-0.25, -0.2) is 9.78 Å². The van der Waals surface area contributed by atoms with Crippen molar-refractivity contribution in [2.75, 3.05) is 11.9 Å². The molecule has 0 unspecified atom stereocenters. The number of H-pyrrole nitrogens is 1. The van der Waals surface area contributed by atoms with Gasteiger partial charge in [0.15, 0.2) is 5.16 Å². The third kappa shape index (κ3) is 4.39. The first-order valence-electron chi connectivity index (χ1n) is 9.94. The van der Waals surface area contributed by atoms with E-state index >= 15 is 0 Å². The number of benzene rings is 1. The van der Waals surface area contributed by atoms with E-state index in [0.717, 1.165) is 11.1 Å². The van der Waals surface area contributed by atoms with Gasteiger partial charge in [0.2, 0.25) is 0 Å². The molecule has 1 atom stereocenters. The molecule has 0 amide bonds. The summed E-state index contributed by atoms with van der Waals surface area (Å²) in [6.45, 7) is 3.79. The molecule has 0 bridgehead atoms. The summed E-state index contributed by atoms with van der Waals surface area (Å²) < 4.78 is 5.28. The minimum absolute atomic E-state index is 0.245. The predicted molar refractivity (Wildman–Crippen MR) is 120 cm³/mol. The predicted octanol–water partition coefficient (Wildman–Crippen LogP) is 3.85. The lowest BCUT2D eigenvalue weighted by atomic mass is 9.83. The van der Waals surface area contributed by atoms with Crippen molar-refractivity contribution in [3.05, 3.63) is 93.2 Å². The molecule has 2 N–H and O–H groups in total. The summed E-state index contributed by atoms with van der Waals surface area (Å²) >= 11 is 1.45. The zero-order valence-electron chi connectivity index (χ0n) is 17.2. The van der Waals surface area contributed by atoms with E-state index < -0.39 is 11.9 Å². The molecule has 8 heteroatoms.